The Balaban J connectivity index is 2.32. The first kappa shape index (κ1) is 17.8. The number of carboxylic acid groups (broad SMARTS) is 1. The average molecular weight is 335 g/mol. The van der Waals surface area contributed by atoms with Crippen LogP contribution in [0.3, 0.4) is 0 Å². The molecular formula is C15H20F3NO4. The van der Waals surface area contributed by atoms with Gasteiger partial charge in [0, 0.05) is 18.7 Å². The topological polar surface area (TPSA) is 66.8 Å². The summed E-state index contributed by atoms with van der Waals surface area (Å²) in [6, 6.07) is -1.11. The van der Waals surface area contributed by atoms with E-state index in [-0.39, 0.29) is 12.3 Å². The van der Waals surface area contributed by atoms with Gasteiger partial charge in [0.1, 0.15) is 0 Å². The third-order valence-corrected chi connectivity index (χ3v) is 4.72. The lowest BCUT2D eigenvalue weighted by molar-refractivity contribution is -0.141. The van der Waals surface area contributed by atoms with Gasteiger partial charge in [-0.1, -0.05) is 6.92 Å². The van der Waals surface area contributed by atoms with Crippen LogP contribution in [0, 0.1) is 11.8 Å². The van der Waals surface area contributed by atoms with Crippen LogP contribution in [0.2, 0.25) is 0 Å². The van der Waals surface area contributed by atoms with Gasteiger partial charge in [-0.2, -0.15) is 13.2 Å². The van der Waals surface area contributed by atoms with Crippen molar-refractivity contribution in [2.75, 3.05) is 13.2 Å². The molecule has 1 unspecified atom stereocenters. The van der Waals surface area contributed by atoms with Crippen molar-refractivity contribution in [3.8, 4) is 0 Å². The van der Waals surface area contributed by atoms with Crippen molar-refractivity contribution in [1.29, 1.82) is 0 Å². The van der Waals surface area contributed by atoms with Crippen LogP contribution in [0.1, 0.15) is 32.6 Å². The number of carbonyl (C=O) groups is 1. The molecule has 1 N–H and O–H groups in total. The number of halogens is 3. The summed E-state index contributed by atoms with van der Waals surface area (Å²) in [5.74, 6) is -0.793. The highest BCUT2D eigenvalue weighted by atomic mass is 19.4. The molecule has 0 aromatic heterocycles. The predicted molar refractivity (Wildman–Crippen MR) is 74.3 cm³/mol. The molecule has 2 fully saturated rings. The second kappa shape index (κ2) is 6.93. The Bertz CT molecular complexity index is 501. The first-order chi connectivity index (χ1) is 10.8. The van der Waals surface area contributed by atoms with Crippen LogP contribution in [0.5, 0.6) is 0 Å². The smallest absolute Gasteiger partial charge is 0.442 e. The summed E-state index contributed by atoms with van der Waals surface area (Å²) in [5, 5.41) is 9.09. The number of carboxylic acids is 1. The molecular weight excluding hydrogens is 315 g/mol. The molecule has 8 heteroatoms. The number of nitrogens with zero attached hydrogens (tertiary/aromatic N) is 1. The maximum atomic E-state index is 13.3. The fraction of sp³-hybridized carbons (Fsp3) is 0.800. The number of allylic oxidation sites excluding steroid dienone is 1. The zero-order chi connectivity index (χ0) is 17.2. The SMILES string of the molecule is C[C@@H]1COCC[C@@H]1N(C(=C=O)C(F)(F)F)[C@@H]1CCC(C(=O)O)C1. The molecule has 4 atom stereocenters. The second-order valence-electron chi connectivity index (χ2n) is 6.27. The van der Waals surface area contributed by atoms with Gasteiger partial charge >= 0.3 is 12.1 Å². The fourth-order valence-corrected chi connectivity index (χ4v) is 3.59. The lowest BCUT2D eigenvalue weighted by Gasteiger charge is -2.43. The Kier molecular flexibility index (Phi) is 5.37. The van der Waals surface area contributed by atoms with Crippen LogP contribution in [-0.2, 0) is 14.3 Å². The van der Waals surface area contributed by atoms with E-state index in [0.29, 0.717) is 32.5 Å². The second-order valence-corrected chi connectivity index (χ2v) is 6.27. The van der Waals surface area contributed by atoms with E-state index in [9.17, 15) is 22.8 Å². The van der Waals surface area contributed by atoms with Crippen LogP contribution in [-0.4, -0.2) is 53.4 Å². The molecule has 1 saturated carbocycles. The first-order valence-electron chi connectivity index (χ1n) is 7.67. The van der Waals surface area contributed by atoms with Crippen LogP contribution >= 0.6 is 0 Å². The number of hydrogen-bond acceptors (Lipinski definition) is 4. The Morgan fingerprint density at radius 1 is 1.30 bits per heavy atom. The Morgan fingerprint density at radius 3 is 2.48 bits per heavy atom. The van der Waals surface area contributed by atoms with Gasteiger partial charge in [0.05, 0.1) is 12.5 Å². The summed E-state index contributed by atoms with van der Waals surface area (Å²) >= 11 is 0. The van der Waals surface area contributed by atoms with Gasteiger partial charge in [-0.15, -0.1) is 0 Å². The number of aliphatic carboxylic acids is 1. The molecule has 1 heterocycles. The highest BCUT2D eigenvalue weighted by Gasteiger charge is 2.48. The summed E-state index contributed by atoms with van der Waals surface area (Å²) in [5.41, 5.74) is -1.33. The third kappa shape index (κ3) is 3.87. The standard InChI is InChI=1S/C15H20F3NO4/c1-9-8-23-5-4-12(9)19(13(7-20)15(16,17)18)11-3-2-10(6-11)14(21)22/h9-12H,2-6,8H2,1H3,(H,21,22)/t9-,10?,11-,12+/m1/s1. The normalized spacial score (nSPS) is 31.5. The third-order valence-electron chi connectivity index (χ3n) is 4.72. The summed E-state index contributed by atoms with van der Waals surface area (Å²) in [4.78, 5) is 23.2. The monoisotopic (exact) mass is 335 g/mol. The van der Waals surface area contributed by atoms with Gasteiger partial charge in [0.25, 0.3) is 0 Å². The molecule has 1 saturated heterocycles. The summed E-state index contributed by atoms with van der Waals surface area (Å²) in [7, 11) is 0. The summed E-state index contributed by atoms with van der Waals surface area (Å²) in [6.45, 7) is 2.42. The molecule has 1 aliphatic carbocycles. The quantitative estimate of drug-likeness (QED) is 0.798. The zero-order valence-electron chi connectivity index (χ0n) is 12.8. The molecule has 130 valence electrons. The number of hydrogen-bond donors (Lipinski definition) is 1. The largest absolute Gasteiger partial charge is 0.481 e. The van der Waals surface area contributed by atoms with Crippen LogP contribution in [0.25, 0.3) is 0 Å². The van der Waals surface area contributed by atoms with Gasteiger partial charge in [-0.25, -0.2) is 4.79 Å². The van der Waals surface area contributed by atoms with E-state index < -0.39 is 35.8 Å². The minimum absolute atomic E-state index is 0.112. The molecule has 23 heavy (non-hydrogen) atoms. The van der Waals surface area contributed by atoms with E-state index in [2.05, 4.69) is 0 Å². The highest BCUT2D eigenvalue weighted by Crippen LogP contribution is 2.39. The molecule has 0 aromatic rings. The van der Waals surface area contributed by atoms with E-state index in [0.717, 1.165) is 10.8 Å². The van der Waals surface area contributed by atoms with Gasteiger partial charge in [0.15, 0.2) is 5.94 Å². The van der Waals surface area contributed by atoms with E-state index >= 15 is 0 Å². The van der Waals surface area contributed by atoms with Crippen molar-refractivity contribution in [1.82, 2.24) is 4.90 Å². The van der Waals surface area contributed by atoms with Crippen molar-refractivity contribution in [2.45, 2.75) is 50.9 Å². The first-order valence-corrected chi connectivity index (χ1v) is 7.67. The van der Waals surface area contributed by atoms with Gasteiger partial charge in [-0.3, -0.25) is 4.79 Å². The van der Waals surface area contributed by atoms with E-state index in [4.69, 9.17) is 9.84 Å². The van der Waals surface area contributed by atoms with Gasteiger partial charge in [0.2, 0.25) is 5.70 Å². The molecule has 2 aliphatic rings. The van der Waals surface area contributed by atoms with Crippen molar-refractivity contribution in [3.63, 3.8) is 0 Å². The predicted octanol–water partition coefficient (Wildman–Crippen LogP) is 2.24. The van der Waals surface area contributed by atoms with Crippen molar-refractivity contribution >= 4 is 11.9 Å². The zero-order valence-corrected chi connectivity index (χ0v) is 12.8. The van der Waals surface area contributed by atoms with E-state index in [1.165, 1.54) is 0 Å². The Hall–Kier alpha value is -1.53. The number of rotatable bonds is 4. The molecule has 2 rings (SSSR count). The molecule has 0 aromatic carbocycles. The fourth-order valence-electron chi connectivity index (χ4n) is 3.59. The van der Waals surface area contributed by atoms with Crippen molar-refractivity contribution in [3.05, 3.63) is 5.70 Å². The number of alkyl halides is 3. The Morgan fingerprint density at radius 2 is 2.00 bits per heavy atom. The average Bonchev–Trinajstić information content (AvgIpc) is 2.94. The lowest BCUT2D eigenvalue weighted by atomic mass is 9.93. The maximum Gasteiger partial charge on any atom is 0.442 e. The van der Waals surface area contributed by atoms with Crippen molar-refractivity contribution in [2.24, 2.45) is 11.8 Å². The minimum atomic E-state index is -4.80. The lowest BCUT2D eigenvalue weighted by Crippen LogP contribution is -2.51. The van der Waals surface area contributed by atoms with Crippen molar-refractivity contribution < 1.29 is 32.6 Å². The van der Waals surface area contributed by atoms with E-state index in [1.807, 2.05) is 0 Å². The number of ether oxygens (including phenoxy) is 1. The maximum absolute atomic E-state index is 13.3. The minimum Gasteiger partial charge on any atom is -0.481 e. The Labute approximate surface area is 132 Å². The highest BCUT2D eigenvalue weighted by molar-refractivity contribution is 5.70. The van der Waals surface area contributed by atoms with Crippen LogP contribution in [0.4, 0.5) is 13.2 Å². The molecule has 0 spiro atoms. The molecule has 1 aliphatic heterocycles. The van der Waals surface area contributed by atoms with Crippen LogP contribution in [0.15, 0.2) is 5.70 Å². The number of carbonyl (C=O) groups excluding carboxylic acids is 1. The molecule has 0 bridgehead atoms. The van der Waals surface area contributed by atoms with Gasteiger partial charge in [-0.05, 0) is 31.6 Å². The summed E-state index contributed by atoms with van der Waals surface area (Å²) in [6.07, 6.45) is -3.68. The van der Waals surface area contributed by atoms with Crippen LogP contribution < -0.4 is 0 Å². The van der Waals surface area contributed by atoms with E-state index in [1.54, 1.807) is 6.92 Å². The molecule has 0 amide bonds. The molecule has 0 radical (unpaired) electrons. The summed E-state index contributed by atoms with van der Waals surface area (Å²) < 4.78 is 45.1. The van der Waals surface area contributed by atoms with Gasteiger partial charge < -0.3 is 14.7 Å². The molecule has 5 nitrogen and oxygen atoms in total.